The lowest BCUT2D eigenvalue weighted by Gasteiger charge is -2.17. The summed E-state index contributed by atoms with van der Waals surface area (Å²) in [6, 6.07) is 11.1. The lowest BCUT2D eigenvalue weighted by atomic mass is 9.96. The number of amides is 1. The molecule has 96 valence electrons. The van der Waals surface area contributed by atoms with Crippen molar-refractivity contribution in [1.29, 1.82) is 10.5 Å². The normalized spacial score (nSPS) is 15.6. The molecule has 1 aromatic carbocycles. The number of carbonyl (C=O) groups is 1. The number of rotatable bonds is 3. The topological polar surface area (TPSA) is 67.9 Å². The van der Waals surface area contributed by atoms with Crippen LogP contribution in [0.5, 0.6) is 0 Å². The highest BCUT2D eigenvalue weighted by molar-refractivity contribution is 5.77. The van der Waals surface area contributed by atoms with E-state index in [4.69, 9.17) is 5.26 Å². The minimum Gasteiger partial charge on any atom is -0.343 e. The summed E-state index contributed by atoms with van der Waals surface area (Å²) in [6.07, 6.45) is 2.34. The predicted octanol–water partition coefficient (Wildman–Crippen LogP) is 2.18. The monoisotopic (exact) mass is 253 g/mol. The maximum Gasteiger partial charge on any atom is 0.224 e. The first-order valence-electron chi connectivity index (χ1n) is 6.42. The largest absolute Gasteiger partial charge is 0.343 e. The summed E-state index contributed by atoms with van der Waals surface area (Å²) >= 11 is 0. The summed E-state index contributed by atoms with van der Waals surface area (Å²) < 4.78 is 0. The molecule has 1 aliphatic rings. The van der Waals surface area contributed by atoms with Crippen LogP contribution in [0, 0.1) is 22.7 Å². The molecule has 1 saturated heterocycles. The lowest BCUT2D eigenvalue weighted by molar-refractivity contribution is -0.130. The zero-order chi connectivity index (χ0) is 13.7. The maximum absolute atomic E-state index is 12.0. The van der Waals surface area contributed by atoms with E-state index in [-0.39, 0.29) is 12.3 Å². The Morgan fingerprint density at radius 3 is 2.37 bits per heavy atom. The van der Waals surface area contributed by atoms with Gasteiger partial charge in [0.2, 0.25) is 5.91 Å². The second-order valence-electron chi connectivity index (χ2n) is 4.71. The van der Waals surface area contributed by atoms with Gasteiger partial charge in [-0.15, -0.1) is 0 Å². The molecule has 0 N–H and O–H groups in total. The summed E-state index contributed by atoms with van der Waals surface area (Å²) in [5.41, 5.74) is 1.36. The number of likely N-dealkylation sites (tertiary alicyclic amines) is 1. The van der Waals surface area contributed by atoms with Crippen LogP contribution in [0.2, 0.25) is 0 Å². The fourth-order valence-corrected chi connectivity index (χ4v) is 2.30. The molecule has 0 aromatic heterocycles. The van der Waals surface area contributed by atoms with Crippen molar-refractivity contribution in [3.63, 3.8) is 0 Å². The van der Waals surface area contributed by atoms with Crippen LogP contribution >= 0.6 is 0 Å². The molecule has 1 heterocycles. The smallest absolute Gasteiger partial charge is 0.224 e. The van der Waals surface area contributed by atoms with E-state index in [0.29, 0.717) is 5.56 Å². The van der Waals surface area contributed by atoms with Crippen molar-refractivity contribution in [2.24, 2.45) is 0 Å². The van der Waals surface area contributed by atoms with Crippen LogP contribution in [0.4, 0.5) is 0 Å². The molecule has 1 unspecified atom stereocenters. The van der Waals surface area contributed by atoms with Crippen molar-refractivity contribution < 1.29 is 4.79 Å². The van der Waals surface area contributed by atoms with Gasteiger partial charge in [0.1, 0.15) is 0 Å². The Morgan fingerprint density at radius 2 is 1.84 bits per heavy atom. The zero-order valence-corrected chi connectivity index (χ0v) is 10.7. The first-order valence-corrected chi connectivity index (χ1v) is 6.42. The van der Waals surface area contributed by atoms with Crippen LogP contribution in [0.15, 0.2) is 24.3 Å². The standard InChI is InChI=1S/C15H15N3O/c16-10-12-3-5-13(6-4-12)14(11-17)9-15(19)18-7-1-2-8-18/h3-6,14H,1-2,7-9H2. The van der Waals surface area contributed by atoms with Crippen molar-refractivity contribution in [3.8, 4) is 12.1 Å². The molecule has 0 radical (unpaired) electrons. The van der Waals surface area contributed by atoms with Gasteiger partial charge in [0.05, 0.1) is 23.6 Å². The number of carbonyl (C=O) groups excluding carboxylic acids is 1. The fraction of sp³-hybridized carbons (Fsp3) is 0.400. The van der Waals surface area contributed by atoms with E-state index in [2.05, 4.69) is 6.07 Å². The van der Waals surface area contributed by atoms with E-state index in [9.17, 15) is 10.1 Å². The third kappa shape index (κ3) is 3.11. The minimum absolute atomic E-state index is 0.0495. The van der Waals surface area contributed by atoms with E-state index >= 15 is 0 Å². The number of benzene rings is 1. The first kappa shape index (κ1) is 13.1. The molecular formula is C15H15N3O. The van der Waals surface area contributed by atoms with Gasteiger partial charge in [-0.25, -0.2) is 0 Å². The van der Waals surface area contributed by atoms with Crippen molar-refractivity contribution in [2.45, 2.75) is 25.2 Å². The molecule has 1 fully saturated rings. The van der Waals surface area contributed by atoms with Gasteiger partial charge in [0, 0.05) is 19.5 Å². The quantitative estimate of drug-likeness (QED) is 0.829. The molecule has 1 atom stereocenters. The van der Waals surface area contributed by atoms with Gasteiger partial charge in [-0.1, -0.05) is 12.1 Å². The minimum atomic E-state index is -0.430. The zero-order valence-electron chi connectivity index (χ0n) is 10.7. The Kier molecular flexibility index (Phi) is 4.15. The van der Waals surface area contributed by atoms with E-state index in [1.165, 1.54) is 0 Å². The van der Waals surface area contributed by atoms with Crippen molar-refractivity contribution >= 4 is 5.91 Å². The van der Waals surface area contributed by atoms with E-state index < -0.39 is 5.92 Å². The Bertz CT molecular complexity index is 530. The fourth-order valence-electron chi connectivity index (χ4n) is 2.30. The molecule has 0 aliphatic carbocycles. The van der Waals surface area contributed by atoms with E-state index in [1.54, 1.807) is 24.3 Å². The van der Waals surface area contributed by atoms with E-state index in [0.717, 1.165) is 31.5 Å². The maximum atomic E-state index is 12.0. The van der Waals surface area contributed by atoms with Gasteiger partial charge in [-0.05, 0) is 30.5 Å². The second-order valence-corrected chi connectivity index (χ2v) is 4.71. The van der Waals surface area contributed by atoms with Crippen LogP contribution < -0.4 is 0 Å². The van der Waals surface area contributed by atoms with Gasteiger partial charge in [0.25, 0.3) is 0 Å². The van der Waals surface area contributed by atoms with Crippen LogP contribution in [0.3, 0.4) is 0 Å². The number of nitrogens with zero attached hydrogens (tertiary/aromatic N) is 3. The Morgan fingerprint density at radius 1 is 1.21 bits per heavy atom. The summed E-state index contributed by atoms with van der Waals surface area (Å²) in [5.74, 6) is -0.380. The molecule has 2 rings (SSSR count). The summed E-state index contributed by atoms with van der Waals surface area (Å²) in [7, 11) is 0. The average molecular weight is 253 g/mol. The summed E-state index contributed by atoms with van der Waals surface area (Å²) in [4.78, 5) is 13.9. The third-order valence-electron chi connectivity index (χ3n) is 3.44. The van der Waals surface area contributed by atoms with Gasteiger partial charge in [-0.3, -0.25) is 4.79 Å². The average Bonchev–Trinajstić information content (AvgIpc) is 2.99. The lowest BCUT2D eigenvalue weighted by Crippen LogP contribution is -2.28. The Hall–Kier alpha value is -2.33. The molecule has 4 heteroatoms. The molecule has 19 heavy (non-hydrogen) atoms. The number of nitriles is 2. The SMILES string of the molecule is N#Cc1ccc(C(C#N)CC(=O)N2CCCC2)cc1. The van der Waals surface area contributed by atoms with Gasteiger partial charge < -0.3 is 4.90 Å². The van der Waals surface area contributed by atoms with Crippen molar-refractivity contribution in [3.05, 3.63) is 35.4 Å². The highest BCUT2D eigenvalue weighted by Crippen LogP contribution is 2.21. The Balaban J connectivity index is 2.05. The molecule has 1 aromatic rings. The van der Waals surface area contributed by atoms with Crippen LogP contribution in [-0.2, 0) is 4.79 Å². The molecule has 4 nitrogen and oxygen atoms in total. The molecule has 0 bridgehead atoms. The molecule has 1 amide bonds. The van der Waals surface area contributed by atoms with Crippen LogP contribution in [0.25, 0.3) is 0 Å². The molecular weight excluding hydrogens is 238 g/mol. The molecule has 0 saturated carbocycles. The van der Waals surface area contributed by atoms with Crippen molar-refractivity contribution in [1.82, 2.24) is 4.90 Å². The van der Waals surface area contributed by atoms with Gasteiger partial charge in [0.15, 0.2) is 0 Å². The van der Waals surface area contributed by atoms with E-state index in [1.807, 2.05) is 11.0 Å². The predicted molar refractivity (Wildman–Crippen MR) is 69.9 cm³/mol. The van der Waals surface area contributed by atoms with Gasteiger partial charge >= 0.3 is 0 Å². The third-order valence-corrected chi connectivity index (χ3v) is 3.44. The second kappa shape index (κ2) is 6.02. The van der Waals surface area contributed by atoms with Crippen molar-refractivity contribution in [2.75, 3.05) is 13.1 Å². The van der Waals surface area contributed by atoms with Gasteiger partial charge in [-0.2, -0.15) is 10.5 Å². The van der Waals surface area contributed by atoms with Crippen LogP contribution in [0.1, 0.15) is 36.3 Å². The summed E-state index contributed by atoms with van der Waals surface area (Å²) in [6.45, 7) is 1.62. The first-order chi connectivity index (χ1) is 9.24. The molecule has 1 aliphatic heterocycles. The highest BCUT2D eigenvalue weighted by atomic mass is 16.2. The summed E-state index contributed by atoms with van der Waals surface area (Å²) in [5, 5.41) is 17.9. The number of hydrogen-bond donors (Lipinski definition) is 0. The number of hydrogen-bond acceptors (Lipinski definition) is 3. The highest BCUT2D eigenvalue weighted by Gasteiger charge is 2.22. The molecule has 0 spiro atoms. The van der Waals surface area contributed by atoms with Crippen LogP contribution in [-0.4, -0.2) is 23.9 Å². The Labute approximate surface area is 112 Å².